The van der Waals surface area contributed by atoms with Gasteiger partial charge in [0, 0.05) is 22.5 Å². The van der Waals surface area contributed by atoms with E-state index in [2.05, 4.69) is 10.3 Å². The zero-order chi connectivity index (χ0) is 15.4. The number of pyridine rings is 1. The van der Waals surface area contributed by atoms with E-state index in [9.17, 15) is 10.1 Å². The average Bonchev–Trinajstić information content (AvgIpc) is 2.43. The molecule has 1 N–H and O–H groups in total. The standard InChI is InChI=1S/C13H11Cl2N3O2S/c1-2-16-12-6-9(18(19)20)7-13(17-12)21-11-5-8(14)3-4-10(11)15/h3-7H,2H2,1H3,(H,16,17). The number of nitrogens with zero attached hydrogens (tertiary/aromatic N) is 2. The van der Waals surface area contributed by atoms with Crippen LogP contribution in [0, 0.1) is 10.1 Å². The molecular formula is C13H11Cl2N3O2S. The van der Waals surface area contributed by atoms with E-state index in [0.29, 0.717) is 32.3 Å². The van der Waals surface area contributed by atoms with Crippen molar-refractivity contribution < 1.29 is 4.92 Å². The van der Waals surface area contributed by atoms with Crippen molar-refractivity contribution >= 4 is 46.5 Å². The van der Waals surface area contributed by atoms with Crippen LogP contribution in [0.5, 0.6) is 0 Å². The Morgan fingerprint density at radius 2 is 2.10 bits per heavy atom. The normalized spacial score (nSPS) is 10.4. The average molecular weight is 344 g/mol. The summed E-state index contributed by atoms with van der Waals surface area (Å²) >= 11 is 13.3. The number of aromatic nitrogens is 1. The van der Waals surface area contributed by atoms with Crippen LogP contribution in [0.25, 0.3) is 0 Å². The number of rotatable bonds is 5. The lowest BCUT2D eigenvalue weighted by Gasteiger charge is -2.07. The number of nitro groups is 1. The van der Waals surface area contributed by atoms with Crippen LogP contribution >= 0.6 is 35.0 Å². The molecule has 21 heavy (non-hydrogen) atoms. The molecule has 1 aromatic carbocycles. The Hall–Kier alpha value is -1.50. The highest BCUT2D eigenvalue weighted by atomic mass is 35.5. The number of hydrogen-bond acceptors (Lipinski definition) is 5. The third-order valence-electron chi connectivity index (χ3n) is 2.46. The predicted molar refractivity (Wildman–Crippen MR) is 85.6 cm³/mol. The molecule has 0 fully saturated rings. The summed E-state index contributed by atoms with van der Waals surface area (Å²) in [6.07, 6.45) is 0. The highest BCUT2D eigenvalue weighted by Gasteiger charge is 2.13. The maximum atomic E-state index is 11.0. The fraction of sp³-hybridized carbons (Fsp3) is 0.154. The lowest BCUT2D eigenvalue weighted by molar-refractivity contribution is -0.385. The van der Waals surface area contributed by atoms with Gasteiger partial charge in [-0.2, -0.15) is 0 Å². The lowest BCUT2D eigenvalue weighted by atomic mass is 10.4. The molecular weight excluding hydrogens is 333 g/mol. The minimum atomic E-state index is -0.452. The minimum Gasteiger partial charge on any atom is -0.370 e. The topological polar surface area (TPSA) is 68.1 Å². The van der Waals surface area contributed by atoms with Gasteiger partial charge in [-0.05, 0) is 25.1 Å². The molecule has 0 atom stereocenters. The van der Waals surface area contributed by atoms with Crippen molar-refractivity contribution in [1.82, 2.24) is 4.98 Å². The maximum absolute atomic E-state index is 11.0. The van der Waals surface area contributed by atoms with Crippen LogP contribution in [0.1, 0.15) is 6.92 Å². The van der Waals surface area contributed by atoms with Crippen molar-refractivity contribution in [2.24, 2.45) is 0 Å². The molecule has 110 valence electrons. The summed E-state index contributed by atoms with van der Waals surface area (Å²) in [6.45, 7) is 2.51. The van der Waals surface area contributed by atoms with E-state index < -0.39 is 4.92 Å². The van der Waals surface area contributed by atoms with Crippen molar-refractivity contribution in [2.75, 3.05) is 11.9 Å². The summed E-state index contributed by atoms with van der Waals surface area (Å²) in [6, 6.07) is 7.85. The van der Waals surface area contributed by atoms with Crippen LogP contribution in [0.4, 0.5) is 11.5 Å². The van der Waals surface area contributed by atoms with Crippen LogP contribution in [0.15, 0.2) is 40.3 Å². The van der Waals surface area contributed by atoms with Crippen molar-refractivity contribution in [3.05, 3.63) is 50.5 Å². The molecule has 1 heterocycles. The van der Waals surface area contributed by atoms with Gasteiger partial charge in [0.25, 0.3) is 5.69 Å². The van der Waals surface area contributed by atoms with E-state index >= 15 is 0 Å². The third-order valence-corrected chi connectivity index (χ3v) is 4.12. The van der Waals surface area contributed by atoms with E-state index in [1.54, 1.807) is 18.2 Å². The molecule has 5 nitrogen and oxygen atoms in total. The van der Waals surface area contributed by atoms with Crippen LogP contribution in [0.2, 0.25) is 10.0 Å². The molecule has 0 saturated heterocycles. The molecule has 0 bridgehead atoms. The van der Waals surface area contributed by atoms with Crippen molar-refractivity contribution in [3.8, 4) is 0 Å². The second-order valence-electron chi connectivity index (χ2n) is 4.01. The molecule has 2 rings (SSSR count). The number of nitrogens with one attached hydrogen (secondary N) is 1. The largest absolute Gasteiger partial charge is 0.370 e. The molecule has 0 aliphatic heterocycles. The summed E-state index contributed by atoms with van der Waals surface area (Å²) in [5, 5.41) is 15.5. The Morgan fingerprint density at radius 3 is 2.76 bits per heavy atom. The van der Waals surface area contributed by atoms with Crippen molar-refractivity contribution in [1.29, 1.82) is 0 Å². The Labute approximate surface area is 135 Å². The monoisotopic (exact) mass is 343 g/mol. The van der Waals surface area contributed by atoms with Crippen LogP contribution in [-0.4, -0.2) is 16.5 Å². The first kappa shape index (κ1) is 15.9. The van der Waals surface area contributed by atoms with Gasteiger partial charge in [-0.15, -0.1) is 0 Å². The second kappa shape index (κ2) is 6.98. The number of benzene rings is 1. The van der Waals surface area contributed by atoms with Gasteiger partial charge < -0.3 is 5.32 Å². The highest BCUT2D eigenvalue weighted by Crippen LogP contribution is 2.36. The lowest BCUT2D eigenvalue weighted by Crippen LogP contribution is -2.01. The fourth-order valence-electron chi connectivity index (χ4n) is 1.59. The summed E-state index contributed by atoms with van der Waals surface area (Å²) < 4.78 is 0. The van der Waals surface area contributed by atoms with Gasteiger partial charge in [0.2, 0.25) is 0 Å². The Balaban J connectivity index is 2.38. The Kier molecular flexibility index (Phi) is 5.27. The number of hydrogen-bond donors (Lipinski definition) is 1. The van der Waals surface area contributed by atoms with Gasteiger partial charge in [0.05, 0.1) is 16.0 Å². The van der Waals surface area contributed by atoms with Crippen molar-refractivity contribution in [3.63, 3.8) is 0 Å². The van der Waals surface area contributed by atoms with Crippen molar-refractivity contribution in [2.45, 2.75) is 16.8 Å². The van der Waals surface area contributed by atoms with E-state index in [1.165, 1.54) is 23.9 Å². The quantitative estimate of drug-likeness (QED) is 0.618. The Morgan fingerprint density at radius 1 is 1.33 bits per heavy atom. The first-order valence-corrected chi connectivity index (χ1v) is 7.60. The zero-order valence-corrected chi connectivity index (χ0v) is 13.3. The van der Waals surface area contributed by atoms with Gasteiger partial charge in [-0.25, -0.2) is 4.98 Å². The molecule has 0 spiro atoms. The SMILES string of the molecule is CCNc1cc([N+](=O)[O-])cc(Sc2cc(Cl)ccc2Cl)n1. The van der Waals surface area contributed by atoms with Gasteiger partial charge >= 0.3 is 0 Å². The smallest absolute Gasteiger partial charge is 0.275 e. The van der Waals surface area contributed by atoms with Crippen LogP contribution < -0.4 is 5.32 Å². The molecule has 0 saturated carbocycles. The first-order valence-electron chi connectivity index (χ1n) is 6.03. The summed E-state index contributed by atoms with van der Waals surface area (Å²) in [5.74, 6) is 0.451. The molecule has 0 unspecified atom stereocenters. The van der Waals surface area contributed by atoms with E-state index in [-0.39, 0.29) is 5.69 Å². The zero-order valence-electron chi connectivity index (χ0n) is 11.0. The molecule has 0 aliphatic rings. The van der Waals surface area contributed by atoms with Gasteiger partial charge in [0.15, 0.2) is 0 Å². The summed E-state index contributed by atoms with van der Waals surface area (Å²) in [4.78, 5) is 15.5. The van der Waals surface area contributed by atoms with E-state index in [4.69, 9.17) is 23.2 Å². The maximum Gasteiger partial charge on any atom is 0.275 e. The van der Waals surface area contributed by atoms with Crippen LogP contribution in [0.3, 0.4) is 0 Å². The highest BCUT2D eigenvalue weighted by molar-refractivity contribution is 7.99. The molecule has 2 aromatic rings. The van der Waals surface area contributed by atoms with E-state index in [0.717, 1.165) is 0 Å². The van der Waals surface area contributed by atoms with Gasteiger partial charge in [-0.1, -0.05) is 35.0 Å². The van der Waals surface area contributed by atoms with Crippen LogP contribution in [-0.2, 0) is 0 Å². The Bertz CT molecular complexity index is 682. The van der Waals surface area contributed by atoms with Gasteiger partial charge in [-0.3, -0.25) is 10.1 Å². The predicted octanol–water partition coefficient (Wildman–Crippen LogP) is 4.88. The summed E-state index contributed by atoms with van der Waals surface area (Å²) in [7, 11) is 0. The molecule has 1 aromatic heterocycles. The first-order chi connectivity index (χ1) is 9.99. The fourth-order valence-corrected chi connectivity index (χ4v) is 2.96. The summed E-state index contributed by atoms with van der Waals surface area (Å²) in [5.41, 5.74) is -0.0263. The number of halogens is 2. The molecule has 8 heteroatoms. The minimum absolute atomic E-state index is 0.0263. The molecule has 0 aliphatic carbocycles. The van der Waals surface area contributed by atoms with Gasteiger partial charge in [0.1, 0.15) is 10.8 Å². The number of anilines is 1. The second-order valence-corrected chi connectivity index (χ2v) is 5.92. The third kappa shape index (κ3) is 4.23. The molecule has 0 amide bonds. The van der Waals surface area contributed by atoms with E-state index in [1.807, 2.05) is 6.92 Å². The molecule has 0 radical (unpaired) electrons.